The van der Waals surface area contributed by atoms with Gasteiger partial charge in [-0.2, -0.15) is 0 Å². The molecule has 1 aromatic rings. The molecule has 1 aromatic heterocycles. The molecule has 29 heavy (non-hydrogen) atoms. The van der Waals surface area contributed by atoms with Gasteiger partial charge in [0.05, 0.1) is 11.2 Å². The number of aromatic nitrogens is 1. The highest BCUT2D eigenvalue weighted by atomic mass is 32.1. The molecule has 0 atom stereocenters. The quantitative estimate of drug-likeness (QED) is 0.461. The summed E-state index contributed by atoms with van der Waals surface area (Å²) in [5.41, 5.74) is 0.0985. The summed E-state index contributed by atoms with van der Waals surface area (Å²) in [6.07, 6.45) is 2.93. The molecule has 1 amide bonds. The maximum Gasteiger partial charge on any atom is 0.408 e. The van der Waals surface area contributed by atoms with Crippen LogP contribution in [0.3, 0.4) is 0 Å². The Morgan fingerprint density at radius 2 is 1.93 bits per heavy atom. The van der Waals surface area contributed by atoms with Gasteiger partial charge in [-0.05, 0) is 47.5 Å². The third-order valence-corrected chi connectivity index (χ3v) is 5.30. The first-order valence-corrected chi connectivity index (χ1v) is 11.1. The highest BCUT2D eigenvalue weighted by Gasteiger charge is 2.24. The van der Waals surface area contributed by atoms with Gasteiger partial charge in [0.25, 0.3) is 0 Å². The molecule has 0 aromatic carbocycles. The fourth-order valence-electron chi connectivity index (χ4n) is 2.92. The van der Waals surface area contributed by atoms with E-state index < -0.39 is 17.2 Å². The van der Waals surface area contributed by atoms with Crippen LogP contribution in [0.2, 0.25) is 0 Å². The number of hydrogen-bond acceptors (Lipinski definition) is 6. The minimum absolute atomic E-state index is 0.426. The van der Waals surface area contributed by atoms with E-state index in [2.05, 4.69) is 31.2 Å². The molecule has 0 saturated carbocycles. The van der Waals surface area contributed by atoms with Gasteiger partial charge in [-0.25, -0.2) is 9.78 Å². The molecule has 1 fully saturated rings. The average Bonchev–Trinajstić information content (AvgIpc) is 3.26. The number of nitrogens with one attached hydrogen (secondary N) is 3. The molecule has 9 heteroatoms. The van der Waals surface area contributed by atoms with E-state index in [4.69, 9.17) is 9.72 Å². The first-order chi connectivity index (χ1) is 13.6. The molecule has 164 valence electrons. The molecule has 2 rings (SSSR count). The SMILES string of the molecule is CN=C(NCCc1csc(N2CCCC2)n1)NCC(C)(C)NC(=O)OC(C)(C)C. The molecule has 0 spiro atoms. The summed E-state index contributed by atoms with van der Waals surface area (Å²) in [6.45, 7) is 12.9. The van der Waals surface area contributed by atoms with Crippen molar-refractivity contribution in [2.75, 3.05) is 38.1 Å². The molecule has 0 unspecified atom stereocenters. The van der Waals surface area contributed by atoms with E-state index in [0.29, 0.717) is 12.5 Å². The Labute approximate surface area is 178 Å². The lowest BCUT2D eigenvalue weighted by atomic mass is 10.1. The Bertz CT molecular complexity index is 689. The van der Waals surface area contributed by atoms with Crippen LogP contribution in [0.1, 0.15) is 53.2 Å². The summed E-state index contributed by atoms with van der Waals surface area (Å²) in [6, 6.07) is 0. The normalized spacial score (nSPS) is 15.4. The second kappa shape index (κ2) is 10.1. The monoisotopic (exact) mass is 424 g/mol. The summed E-state index contributed by atoms with van der Waals surface area (Å²) >= 11 is 1.72. The van der Waals surface area contributed by atoms with Crippen molar-refractivity contribution in [2.24, 2.45) is 4.99 Å². The van der Waals surface area contributed by atoms with E-state index in [-0.39, 0.29) is 0 Å². The lowest BCUT2D eigenvalue weighted by Gasteiger charge is -2.29. The van der Waals surface area contributed by atoms with Crippen molar-refractivity contribution in [3.05, 3.63) is 11.1 Å². The Morgan fingerprint density at radius 3 is 2.55 bits per heavy atom. The number of guanidine groups is 1. The Hall–Kier alpha value is -2.03. The summed E-state index contributed by atoms with van der Waals surface area (Å²) < 4.78 is 5.33. The van der Waals surface area contributed by atoms with Crippen LogP contribution in [0.5, 0.6) is 0 Å². The van der Waals surface area contributed by atoms with Gasteiger partial charge >= 0.3 is 6.09 Å². The third kappa shape index (κ3) is 8.47. The first-order valence-electron chi connectivity index (χ1n) is 10.2. The van der Waals surface area contributed by atoms with E-state index in [1.54, 1.807) is 18.4 Å². The van der Waals surface area contributed by atoms with E-state index in [0.717, 1.165) is 36.9 Å². The number of thiazole rings is 1. The zero-order valence-electron chi connectivity index (χ0n) is 18.6. The molecule has 1 aliphatic rings. The van der Waals surface area contributed by atoms with Gasteiger partial charge in [0.15, 0.2) is 11.1 Å². The first kappa shape index (κ1) is 23.3. The number of nitrogens with zero attached hydrogens (tertiary/aromatic N) is 3. The Kier molecular flexibility index (Phi) is 8.13. The van der Waals surface area contributed by atoms with Crippen LogP contribution in [0.4, 0.5) is 9.93 Å². The van der Waals surface area contributed by atoms with E-state index >= 15 is 0 Å². The van der Waals surface area contributed by atoms with Crippen molar-refractivity contribution in [1.82, 2.24) is 20.9 Å². The van der Waals surface area contributed by atoms with Crippen molar-refractivity contribution in [3.63, 3.8) is 0 Å². The molecule has 2 heterocycles. The Morgan fingerprint density at radius 1 is 1.24 bits per heavy atom. The minimum atomic E-state index is -0.518. The number of alkyl carbamates (subject to hydrolysis) is 1. The van der Waals surface area contributed by atoms with Crippen LogP contribution >= 0.6 is 11.3 Å². The summed E-state index contributed by atoms with van der Waals surface area (Å²) in [5.74, 6) is 0.694. The van der Waals surface area contributed by atoms with E-state index in [1.807, 2.05) is 34.6 Å². The lowest BCUT2D eigenvalue weighted by Crippen LogP contribution is -2.54. The summed E-state index contributed by atoms with van der Waals surface area (Å²) in [4.78, 5) is 23.4. The van der Waals surface area contributed by atoms with Crippen LogP contribution in [-0.4, -0.2) is 61.4 Å². The number of ether oxygens (including phenoxy) is 1. The van der Waals surface area contributed by atoms with E-state index in [9.17, 15) is 4.79 Å². The van der Waals surface area contributed by atoms with Gasteiger partial charge in [0.2, 0.25) is 0 Å². The third-order valence-electron chi connectivity index (χ3n) is 4.35. The van der Waals surface area contributed by atoms with Crippen molar-refractivity contribution >= 4 is 28.5 Å². The number of carbonyl (C=O) groups excluding carboxylic acids is 1. The molecule has 8 nitrogen and oxygen atoms in total. The van der Waals surface area contributed by atoms with Gasteiger partial charge in [-0.1, -0.05) is 0 Å². The smallest absolute Gasteiger partial charge is 0.408 e. The van der Waals surface area contributed by atoms with Crippen molar-refractivity contribution in [1.29, 1.82) is 0 Å². The van der Waals surface area contributed by atoms with Crippen LogP contribution in [-0.2, 0) is 11.2 Å². The van der Waals surface area contributed by atoms with Crippen LogP contribution in [0.25, 0.3) is 0 Å². The molecular weight excluding hydrogens is 388 g/mol. The topological polar surface area (TPSA) is 90.9 Å². The average molecular weight is 425 g/mol. The number of hydrogen-bond donors (Lipinski definition) is 3. The predicted molar refractivity (Wildman–Crippen MR) is 120 cm³/mol. The Balaban J connectivity index is 1.72. The number of rotatable bonds is 7. The summed E-state index contributed by atoms with van der Waals surface area (Å²) in [7, 11) is 1.73. The molecule has 0 bridgehead atoms. The van der Waals surface area contributed by atoms with Gasteiger partial charge < -0.3 is 25.6 Å². The maximum absolute atomic E-state index is 12.0. The highest BCUT2D eigenvalue weighted by molar-refractivity contribution is 7.13. The van der Waals surface area contributed by atoms with Crippen molar-refractivity contribution in [2.45, 2.75) is 65.0 Å². The summed E-state index contributed by atoms with van der Waals surface area (Å²) in [5, 5.41) is 12.7. The number of anilines is 1. The van der Waals surface area contributed by atoms with E-state index in [1.165, 1.54) is 12.8 Å². The van der Waals surface area contributed by atoms with Gasteiger partial charge in [-0.15, -0.1) is 11.3 Å². The lowest BCUT2D eigenvalue weighted by molar-refractivity contribution is 0.0474. The number of aliphatic imine (C=N–C) groups is 1. The molecular formula is C20H36N6O2S. The number of carbonyl (C=O) groups is 1. The second-order valence-electron chi connectivity index (χ2n) is 8.93. The van der Waals surface area contributed by atoms with Crippen LogP contribution < -0.4 is 20.9 Å². The van der Waals surface area contributed by atoms with Gasteiger partial charge in [-0.3, -0.25) is 4.99 Å². The maximum atomic E-state index is 12.0. The molecule has 0 aliphatic carbocycles. The molecule has 3 N–H and O–H groups in total. The zero-order chi connectivity index (χ0) is 21.5. The van der Waals surface area contributed by atoms with Crippen LogP contribution in [0, 0.1) is 0 Å². The molecule has 0 radical (unpaired) electrons. The highest BCUT2D eigenvalue weighted by Crippen LogP contribution is 2.24. The van der Waals surface area contributed by atoms with Gasteiger partial charge in [0, 0.05) is 45.0 Å². The zero-order valence-corrected chi connectivity index (χ0v) is 19.4. The van der Waals surface area contributed by atoms with Crippen molar-refractivity contribution < 1.29 is 9.53 Å². The minimum Gasteiger partial charge on any atom is -0.444 e. The predicted octanol–water partition coefficient (Wildman–Crippen LogP) is 2.75. The molecule has 1 aliphatic heterocycles. The second-order valence-corrected chi connectivity index (χ2v) is 9.77. The van der Waals surface area contributed by atoms with Crippen molar-refractivity contribution in [3.8, 4) is 0 Å². The largest absolute Gasteiger partial charge is 0.444 e. The number of amides is 1. The van der Waals surface area contributed by atoms with Crippen LogP contribution in [0.15, 0.2) is 10.4 Å². The standard InChI is InChI=1S/C20H36N6O2S/c1-19(2,3)28-18(27)25-20(4,5)14-23-16(21-6)22-10-9-15-13-29-17(24-15)26-11-7-8-12-26/h13H,7-12,14H2,1-6H3,(H,25,27)(H2,21,22,23). The molecule has 1 saturated heterocycles. The fraction of sp³-hybridized carbons (Fsp3) is 0.750. The van der Waals surface area contributed by atoms with Gasteiger partial charge in [0.1, 0.15) is 5.60 Å². The fourth-order valence-corrected chi connectivity index (χ4v) is 3.84.